The van der Waals surface area contributed by atoms with E-state index in [0.717, 1.165) is 13.8 Å². The molecular formula is C67H73I2N5O20. The molecule has 4 aliphatic rings. The predicted molar refractivity (Wildman–Crippen MR) is 318 cm³/mol. The highest BCUT2D eigenvalue weighted by molar-refractivity contribution is 5.97. The van der Waals surface area contributed by atoms with Crippen LogP contribution in [0.1, 0.15) is 107 Å². The van der Waals surface area contributed by atoms with E-state index in [-0.39, 0.29) is 105 Å². The number of fused-ring (bicyclic) bond motifs is 5. The monoisotopic (exact) mass is 1520 g/mol. The van der Waals surface area contributed by atoms with Crippen molar-refractivity contribution in [3.8, 4) is 0 Å². The van der Waals surface area contributed by atoms with Gasteiger partial charge in [0.25, 0.3) is 31.2 Å². The molecule has 9 rings (SSSR count). The molecule has 2 bridgehead atoms. The molecule has 3 amide bonds. The second kappa shape index (κ2) is 29.9. The average Bonchev–Trinajstić information content (AvgIpc) is 0.669. The van der Waals surface area contributed by atoms with E-state index in [2.05, 4.69) is 5.32 Å². The smallest absolute Gasteiger partial charge is 0.514 e. The van der Waals surface area contributed by atoms with Crippen LogP contribution in [0.2, 0.25) is 0 Å². The van der Waals surface area contributed by atoms with Gasteiger partial charge in [-0.15, -0.1) is 0 Å². The average molecular weight is 1520 g/mol. The Bertz CT molecular complexity index is 3730. The van der Waals surface area contributed by atoms with Crippen LogP contribution in [-0.2, 0) is 75.3 Å². The van der Waals surface area contributed by atoms with Crippen molar-refractivity contribution in [1.29, 1.82) is 0 Å². The maximum Gasteiger partial charge on any atom is 0.514 e. The van der Waals surface area contributed by atoms with Crippen LogP contribution in [0.25, 0.3) is 0 Å². The number of aromatic nitrogens is 2. The predicted octanol–water partition coefficient (Wildman–Crippen LogP) is -0.640. The highest BCUT2D eigenvalue weighted by atomic mass is 127. The van der Waals surface area contributed by atoms with Crippen LogP contribution in [0.4, 0.5) is 9.59 Å². The van der Waals surface area contributed by atoms with Gasteiger partial charge in [0.1, 0.15) is 47.2 Å². The Morgan fingerprint density at radius 2 is 1.19 bits per heavy atom. The maximum atomic E-state index is 16.6. The first-order chi connectivity index (χ1) is 43.6. The highest BCUT2D eigenvalue weighted by Gasteiger charge is 2.79. The molecule has 0 radical (unpaired) electrons. The summed E-state index contributed by atoms with van der Waals surface area (Å²) in [7, 11) is 6.25. The third-order valence-electron chi connectivity index (χ3n) is 17.6. The summed E-state index contributed by atoms with van der Waals surface area (Å²) in [6, 6.07) is 28.1. The number of hydrogen-bond donors (Lipinski definition) is 2. The minimum Gasteiger partial charge on any atom is -1.00 e. The quantitative estimate of drug-likeness (QED) is 0.0363. The first-order valence-electron chi connectivity index (χ1n) is 29.5. The molecular weight excluding hydrogens is 1450 g/mol. The number of carbonyl (C=O) groups is 10. The largest absolute Gasteiger partial charge is 1.00 e. The van der Waals surface area contributed by atoms with Gasteiger partial charge in [-0.25, -0.2) is 19.2 Å². The number of amides is 3. The summed E-state index contributed by atoms with van der Waals surface area (Å²) in [4.78, 5) is 146. The number of hydrogen-bond acceptors (Lipinski definition) is 20. The number of ether oxygens (including phenoxy) is 9. The van der Waals surface area contributed by atoms with Gasteiger partial charge in [-0.1, -0.05) is 80.6 Å². The molecule has 1 aliphatic heterocycles. The van der Waals surface area contributed by atoms with Crippen molar-refractivity contribution in [2.75, 3.05) is 34.8 Å². The van der Waals surface area contributed by atoms with Crippen molar-refractivity contribution in [2.45, 2.75) is 122 Å². The second-order valence-electron chi connectivity index (χ2n) is 24.2. The number of ketones is 1. The lowest BCUT2D eigenvalue weighted by Gasteiger charge is -2.67. The van der Waals surface area contributed by atoms with Crippen molar-refractivity contribution >= 4 is 59.7 Å². The van der Waals surface area contributed by atoms with E-state index in [1.165, 1.54) is 95.7 Å². The standard InChI is InChI=1S/C67H72N5O20.2HI/c1-39-47(88-61(80)53(90-63(82)86-38-72-31-21-29-46(35-72)59(78)70(9)10)51(42-22-14-11-15-23-42)68-57(76)43-24-16-12-17-25-43)33-67(83)56(91-60(79)44-26-18-13-19-27-44)54-65(6,55(75)52(87-40(2)73)50(39)64(67,4)5)48(32-49-66(54,36-84-49)92-41(3)74)89-62(81)85-37-71-30-20-28-45(34-71)58(77)69(7)8;;/h11-31,34-35,47-49,51-54,56,83H,32-33,36-38H2,1-10H3;2*1H/q+1;;/p-1/t47-,48-,49+,51-,52+,53+,54-,56-,65+,66-,67+;;/m0../s1. The third kappa shape index (κ3) is 14.7. The molecule has 2 saturated carbocycles. The Kier molecular flexibility index (Phi) is 23.2. The van der Waals surface area contributed by atoms with Crippen molar-refractivity contribution in [2.24, 2.45) is 16.7 Å². The lowest BCUT2D eigenvalue weighted by atomic mass is 9.44. The van der Waals surface area contributed by atoms with Gasteiger partial charge in [0, 0.05) is 78.0 Å². The van der Waals surface area contributed by atoms with E-state index in [9.17, 15) is 43.5 Å². The lowest BCUT2D eigenvalue weighted by molar-refractivity contribution is -0.728. The van der Waals surface area contributed by atoms with Crippen LogP contribution in [0, 0.1) is 16.7 Å². The summed E-state index contributed by atoms with van der Waals surface area (Å²) in [6.07, 6.45) is -9.03. The number of carbonyl (C=O) groups excluding carboxylic acids is 10. The number of pyridine rings is 2. The normalized spacial score (nSPS) is 24.4. The van der Waals surface area contributed by atoms with E-state index in [4.69, 9.17) is 42.6 Å². The van der Waals surface area contributed by atoms with E-state index in [0.29, 0.717) is 0 Å². The van der Waals surface area contributed by atoms with Gasteiger partial charge in [-0.2, -0.15) is 9.13 Å². The lowest BCUT2D eigenvalue weighted by Crippen LogP contribution is -3.00. The Morgan fingerprint density at radius 3 is 1.70 bits per heavy atom. The van der Waals surface area contributed by atoms with Gasteiger partial charge < -0.3 is 111 Å². The zero-order valence-corrected chi connectivity index (χ0v) is 57.5. The third-order valence-corrected chi connectivity index (χ3v) is 17.6. The second-order valence-corrected chi connectivity index (χ2v) is 24.2. The molecule has 3 aromatic carbocycles. The summed E-state index contributed by atoms with van der Waals surface area (Å²) < 4.78 is 57.7. The number of Topliss-reactive ketones (excluding diaryl/α,β-unsaturated/α-hetero) is 1. The number of rotatable bonds is 18. The summed E-state index contributed by atoms with van der Waals surface area (Å²) >= 11 is 0. The fraction of sp³-hybridized carbons (Fsp3) is 0.403. The molecule has 5 aromatic rings. The van der Waals surface area contributed by atoms with Crippen molar-refractivity contribution in [3.63, 3.8) is 0 Å². The van der Waals surface area contributed by atoms with E-state index in [1.54, 1.807) is 119 Å². The Morgan fingerprint density at radius 1 is 0.670 bits per heavy atom. The minimum absolute atomic E-state index is 0. The van der Waals surface area contributed by atoms with Gasteiger partial charge >= 0.3 is 36.2 Å². The van der Waals surface area contributed by atoms with Gasteiger partial charge in [0.15, 0.2) is 42.3 Å². The molecule has 3 aliphatic carbocycles. The van der Waals surface area contributed by atoms with Crippen LogP contribution in [-0.4, -0.2) is 157 Å². The topological polar surface area (TPSA) is 300 Å². The summed E-state index contributed by atoms with van der Waals surface area (Å²) in [5.74, 6) is -8.58. The molecule has 0 spiro atoms. The minimum atomic E-state index is -2.65. The number of benzene rings is 3. The number of nitrogens with zero attached hydrogens (tertiary/aromatic N) is 4. The molecule has 2 N–H and O–H groups in total. The number of aliphatic hydroxyl groups is 1. The summed E-state index contributed by atoms with van der Waals surface area (Å²) in [5, 5.41) is 17.2. The molecule has 3 heterocycles. The van der Waals surface area contributed by atoms with Gasteiger partial charge in [-0.3, -0.25) is 28.8 Å². The summed E-state index contributed by atoms with van der Waals surface area (Å²) in [6.45, 7) is 6.39. The Labute approximate surface area is 576 Å². The SMILES string of the molecule is CC(=O)O[C@H]1C(=O)[C@]2(C)[C@@H](OC(=O)OC[n+]3cccc(C(=O)N(C)C)c3)C[C@H]3OC[C@@]3(OC(C)=O)[C@H]2[C@H](OC(=O)c2ccccc2)[C@]2(O)C[C@H](OC(=O)[C@H](OC(=O)OC[n+]3cccc(C(=O)N(C)C)c3)[C@@H](NC(=O)c3ccccc3)c3ccccc3)C(C)=C1C2(C)C.[I-].[I-]. The van der Waals surface area contributed by atoms with Crippen LogP contribution in [0.3, 0.4) is 0 Å². The first-order valence-corrected chi connectivity index (χ1v) is 29.5. The van der Waals surface area contributed by atoms with Crippen LogP contribution < -0.4 is 62.4 Å². The molecule has 25 nitrogen and oxygen atoms in total. The van der Waals surface area contributed by atoms with E-state index < -0.39 is 145 Å². The summed E-state index contributed by atoms with van der Waals surface area (Å²) in [5.41, 5.74) is -8.22. The fourth-order valence-electron chi connectivity index (χ4n) is 13.0. The zero-order chi connectivity index (χ0) is 66.6. The maximum absolute atomic E-state index is 16.6. The molecule has 2 aromatic heterocycles. The van der Waals surface area contributed by atoms with Gasteiger partial charge in [0.2, 0.25) is 6.10 Å². The molecule has 500 valence electrons. The molecule has 1 saturated heterocycles. The highest BCUT2D eigenvalue weighted by Crippen LogP contribution is 2.65. The molecule has 27 heteroatoms. The van der Waals surface area contributed by atoms with E-state index >= 15 is 9.59 Å². The van der Waals surface area contributed by atoms with Crippen LogP contribution in [0.5, 0.6) is 0 Å². The molecule has 94 heavy (non-hydrogen) atoms. The van der Waals surface area contributed by atoms with Crippen LogP contribution in [0.15, 0.2) is 151 Å². The zero-order valence-electron chi connectivity index (χ0n) is 53.2. The Balaban J connectivity index is 0.00000625. The first kappa shape index (κ1) is 73.0. The van der Waals surface area contributed by atoms with Crippen molar-refractivity contribution < 1.29 is 153 Å². The van der Waals surface area contributed by atoms with Crippen molar-refractivity contribution in [1.82, 2.24) is 15.1 Å². The fourth-order valence-corrected chi connectivity index (χ4v) is 13.0. The van der Waals surface area contributed by atoms with Crippen LogP contribution >= 0.6 is 0 Å². The van der Waals surface area contributed by atoms with Gasteiger partial charge in [0.05, 0.1) is 23.5 Å². The molecule has 0 unspecified atom stereocenters. The Hall–Kier alpha value is -8.42. The molecule has 3 fully saturated rings. The van der Waals surface area contributed by atoms with Crippen molar-refractivity contribution in [3.05, 3.63) is 179 Å². The van der Waals surface area contributed by atoms with E-state index in [1.807, 2.05) is 0 Å². The number of nitrogens with one attached hydrogen (secondary N) is 1. The number of halogens is 2. The molecule has 11 atom stereocenters. The number of esters is 4. The van der Waals surface area contributed by atoms with Gasteiger partial charge in [-0.05, 0) is 67.0 Å².